The van der Waals surface area contributed by atoms with Crippen molar-refractivity contribution >= 4 is 0 Å². The zero-order valence-electron chi connectivity index (χ0n) is 8.93. The third-order valence-electron chi connectivity index (χ3n) is 2.47. The van der Waals surface area contributed by atoms with Gasteiger partial charge in [0.1, 0.15) is 18.3 Å². The van der Waals surface area contributed by atoms with Gasteiger partial charge in [0.15, 0.2) is 12.6 Å². The summed E-state index contributed by atoms with van der Waals surface area (Å²) in [6.45, 7) is 1.51. The topological polar surface area (TPSA) is 120 Å². The SMILES string of the molecule is CC1O[C@@H](OCCC(O)O)C(O)C(O)[C@H]1O. The molecule has 7 nitrogen and oxygen atoms in total. The maximum absolute atomic E-state index is 9.51. The lowest BCUT2D eigenvalue weighted by Gasteiger charge is -2.38. The molecule has 0 aromatic rings. The molecule has 0 saturated carbocycles. The van der Waals surface area contributed by atoms with Gasteiger partial charge in [0.2, 0.25) is 0 Å². The second-order valence-electron chi connectivity index (χ2n) is 3.82. The highest BCUT2D eigenvalue weighted by Crippen LogP contribution is 2.21. The molecule has 1 fully saturated rings. The molecule has 0 bridgehead atoms. The van der Waals surface area contributed by atoms with E-state index in [0.29, 0.717) is 0 Å². The van der Waals surface area contributed by atoms with E-state index in [4.69, 9.17) is 19.7 Å². The predicted octanol–water partition coefficient (Wildman–Crippen LogP) is -2.47. The van der Waals surface area contributed by atoms with Crippen LogP contribution in [0, 0.1) is 0 Å². The molecule has 0 aromatic heterocycles. The number of aliphatic hydroxyl groups is 5. The van der Waals surface area contributed by atoms with Crippen molar-refractivity contribution in [3.63, 3.8) is 0 Å². The Bertz CT molecular complexity index is 210. The quantitative estimate of drug-likeness (QED) is 0.344. The Hall–Kier alpha value is -0.280. The molecule has 1 saturated heterocycles. The van der Waals surface area contributed by atoms with Gasteiger partial charge in [-0.25, -0.2) is 0 Å². The van der Waals surface area contributed by atoms with Crippen molar-refractivity contribution < 1.29 is 35.0 Å². The maximum Gasteiger partial charge on any atom is 0.186 e. The molecule has 1 aliphatic heterocycles. The van der Waals surface area contributed by atoms with Crippen LogP contribution in [0.2, 0.25) is 0 Å². The van der Waals surface area contributed by atoms with Crippen molar-refractivity contribution in [1.82, 2.24) is 0 Å². The molecule has 16 heavy (non-hydrogen) atoms. The summed E-state index contributed by atoms with van der Waals surface area (Å²) in [5, 5.41) is 45.5. The normalized spacial score (nSPS) is 40.3. The minimum absolute atomic E-state index is 0.0282. The first-order valence-electron chi connectivity index (χ1n) is 5.11. The zero-order chi connectivity index (χ0) is 12.3. The fraction of sp³-hybridized carbons (Fsp3) is 1.00. The van der Waals surface area contributed by atoms with Crippen LogP contribution in [-0.4, -0.2) is 69.1 Å². The standard InChI is InChI=1S/C9H18O7/c1-4-6(12)7(13)8(14)9(16-4)15-3-2-5(10)11/h4-14H,2-3H2,1H3/t4?,6-,7?,8?,9+/m0/s1. The Morgan fingerprint density at radius 1 is 1.12 bits per heavy atom. The fourth-order valence-electron chi connectivity index (χ4n) is 1.44. The molecule has 0 radical (unpaired) electrons. The van der Waals surface area contributed by atoms with E-state index in [0.717, 1.165) is 0 Å². The van der Waals surface area contributed by atoms with Crippen LogP contribution in [0.25, 0.3) is 0 Å². The van der Waals surface area contributed by atoms with Crippen molar-refractivity contribution in [1.29, 1.82) is 0 Å². The molecule has 1 heterocycles. The summed E-state index contributed by atoms with van der Waals surface area (Å²) in [6.07, 6.45) is -7.13. The van der Waals surface area contributed by atoms with Gasteiger partial charge in [-0.05, 0) is 6.92 Å². The summed E-state index contributed by atoms with van der Waals surface area (Å²) in [5.74, 6) is 0. The molecular weight excluding hydrogens is 220 g/mol. The summed E-state index contributed by atoms with van der Waals surface area (Å²) in [4.78, 5) is 0. The Kier molecular flexibility index (Phi) is 5.06. The average Bonchev–Trinajstić information content (AvgIpc) is 2.22. The minimum atomic E-state index is -1.49. The monoisotopic (exact) mass is 238 g/mol. The molecule has 0 spiro atoms. The Labute approximate surface area is 92.9 Å². The molecule has 1 aliphatic rings. The van der Waals surface area contributed by atoms with Crippen molar-refractivity contribution in [2.75, 3.05) is 6.61 Å². The first-order valence-corrected chi connectivity index (χ1v) is 5.11. The van der Waals surface area contributed by atoms with Gasteiger partial charge in [0.25, 0.3) is 0 Å². The van der Waals surface area contributed by atoms with E-state index in [-0.39, 0.29) is 13.0 Å². The second-order valence-corrected chi connectivity index (χ2v) is 3.82. The predicted molar refractivity (Wildman–Crippen MR) is 51.2 cm³/mol. The van der Waals surface area contributed by atoms with Crippen LogP contribution in [0.15, 0.2) is 0 Å². The Balaban J connectivity index is 2.41. The molecule has 1 rings (SSSR count). The Morgan fingerprint density at radius 3 is 2.31 bits per heavy atom. The van der Waals surface area contributed by atoms with Crippen molar-refractivity contribution in [3.05, 3.63) is 0 Å². The van der Waals surface area contributed by atoms with Crippen molar-refractivity contribution in [3.8, 4) is 0 Å². The van der Waals surface area contributed by atoms with E-state index in [1.165, 1.54) is 6.92 Å². The van der Waals surface area contributed by atoms with Gasteiger partial charge in [0.05, 0.1) is 12.7 Å². The van der Waals surface area contributed by atoms with Crippen LogP contribution in [0.5, 0.6) is 0 Å². The molecule has 5 atom stereocenters. The van der Waals surface area contributed by atoms with Gasteiger partial charge < -0.3 is 35.0 Å². The van der Waals surface area contributed by atoms with E-state index < -0.39 is 37.0 Å². The van der Waals surface area contributed by atoms with Crippen LogP contribution < -0.4 is 0 Å². The summed E-state index contributed by atoms with van der Waals surface area (Å²) in [7, 11) is 0. The van der Waals surface area contributed by atoms with Crippen molar-refractivity contribution in [2.24, 2.45) is 0 Å². The molecule has 96 valence electrons. The molecular formula is C9H18O7. The highest BCUT2D eigenvalue weighted by atomic mass is 16.7. The molecule has 0 aliphatic carbocycles. The van der Waals surface area contributed by atoms with Gasteiger partial charge >= 0.3 is 0 Å². The van der Waals surface area contributed by atoms with Gasteiger partial charge in [0, 0.05) is 6.42 Å². The van der Waals surface area contributed by atoms with Crippen LogP contribution in [-0.2, 0) is 9.47 Å². The molecule has 7 heteroatoms. The summed E-state index contributed by atoms with van der Waals surface area (Å²) in [6, 6.07) is 0. The van der Waals surface area contributed by atoms with Gasteiger partial charge in [-0.15, -0.1) is 0 Å². The summed E-state index contributed by atoms with van der Waals surface area (Å²) >= 11 is 0. The first kappa shape index (κ1) is 13.8. The lowest BCUT2D eigenvalue weighted by Crippen LogP contribution is -2.57. The molecule has 3 unspecified atom stereocenters. The van der Waals surface area contributed by atoms with Crippen molar-refractivity contribution in [2.45, 2.75) is 50.3 Å². The van der Waals surface area contributed by atoms with Gasteiger partial charge in [-0.2, -0.15) is 0 Å². The third-order valence-corrected chi connectivity index (χ3v) is 2.47. The number of ether oxygens (including phenoxy) is 2. The second kappa shape index (κ2) is 5.87. The van der Waals surface area contributed by atoms with Gasteiger partial charge in [-0.3, -0.25) is 0 Å². The average molecular weight is 238 g/mol. The van der Waals surface area contributed by atoms with Crippen LogP contribution in [0.3, 0.4) is 0 Å². The van der Waals surface area contributed by atoms with E-state index in [2.05, 4.69) is 0 Å². The summed E-state index contributed by atoms with van der Waals surface area (Å²) < 4.78 is 10.1. The minimum Gasteiger partial charge on any atom is -0.388 e. The van der Waals surface area contributed by atoms with E-state index in [1.54, 1.807) is 0 Å². The molecule has 0 aromatic carbocycles. The lowest BCUT2D eigenvalue weighted by molar-refractivity contribution is -0.294. The fourth-order valence-corrected chi connectivity index (χ4v) is 1.44. The van der Waals surface area contributed by atoms with Gasteiger partial charge in [-0.1, -0.05) is 0 Å². The van der Waals surface area contributed by atoms with E-state index in [1.807, 2.05) is 0 Å². The summed E-state index contributed by atoms with van der Waals surface area (Å²) in [5.41, 5.74) is 0. The smallest absolute Gasteiger partial charge is 0.186 e. The zero-order valence-corrected chi connectivity index (χ0v) is 8.93. The first-order chi connectivity index (χ1) is 7.43. The van der Waals surface area contributed by atoms with Crippen LogP contribution in [0.4, 0.5) is 0 Å². The highest BCUT2D eigenvalue weighted by Gasteiger charge is 2.42. The number of hydrogen-bond acceptors (Lipinski definition) is 7. The number of aliphatic hydroxyl groups excluding tert-OH is 4. The van der Waals surface area contributed by atoms with Crippen LogP contribution in [0.1, 0.15) is 13.3 Å². The van der Waals surface area contributed by atoms with Crippen LogP contribution >= 0.6 is 0 Å². The Morgan fingerprint density at radius 2 is 1.75 bits per heavy atom. The van der Waals surface area contributed by atoms with E-state index in [9.17, 15) is 15.3 Å². The lowest BCUT2D eigenvalue weighted by atomic mass is 10.0. The maximum atomic E-state index is 9.51. The van der Waals surface area contributed by atoms with E-state index >= 15 is 0 Å². The number of rotatable bonds is 4. The molecule has 0 amide bonds. The number of hydrogen-bond donors (Lipinski definition) is 5. The third kappa shape index (κ3) is 3.36. The highest BCUT2D eigenvalue weighted by molar-refractivity contribution is 4.87. The largest absolute Gasteiger partial charge is 0.388 e. The molecule has 5 N–H and O–H groups in total.